The molecule has 0 saturated carbocycles. The van der Waals surface area contributed by atoms with Crippen LogP contribution in [0.3, 0.4) is 0 Å². The Bertz CT molecular complexity index is 699. The quantitative estimate of drug-likeness (QED) is 0.715. The maximum absolute atomic E-state index is 12.2. The van der Waals surface area contributed by atoms with Crippen LogP contribution in [0.5, 0.6) is 0 Å². The number of nitrogens with zero attached hydrogens (tertiary/aromatic N) is 5. The van der Waals surface area contributed by atoms with Gasteiger partial charge in [-0.15, -0.1) is 10.2 Å². The van der Waals surface area contributed by atoms with Crippen molar-refractivity contribution < 1.29 is 4.79 Å². The molecule has 1 N–H and O–H groups in total. The van der Waals surface area contributed by atoms with Crippen molar-refractivity contribution in [2.45, 2.75) is 13.3 Å². The summed E-state index contributed by atoms with van der Waals surface area (Å²) in [5.41, 5.74) is 1.60. The van der Waals surface area contributed by atoms with Crippen LogP contribution in [0.1, 0.15) is 16.4 Å². The average Bonchev–Trinajstić information content (AvgIpc) is 2.94. The highest BCUT2D eigenvalue weighted by Crippen LogP contribution is 2.15. The fourth-order valence-electron chi connectivity index (χ4n) is 1.93. The molecule has 0 unspecified atom stereocenters. The number of aryl methyl sites for hydroxylation is 1. The standard InChI is InChI=1S/C11H10N6O/c1-7-12-8-4-2-3-5-9(8)17(7)11(18)6-10-13-15-16-14-10/h2-5H,6H2,1H3,(H,13,14,15,16). The van der Waals surface area contributed by atoms with Crippen LogP contribution in [-0.2, 0) is 6.42 Å². The first-order chi connectivity index (χ1) is 8.75. The van der Waals surface area contributed by atoms with Crippen LogP contribution in [0.2, 0.25) is 0 Å². The third-order valence-electron chi connectivity index (χ3n) is 2.68. The van der Waals surface area contributed by atoms with Gasteiger partial charge in [0.25, 0.3) is 0 Å². The number of para-hydroxylation sites is 2. The number of tetrazole rings is 1. The predicted molar refractivity (Wildman–Crippen MR) is 63.0 cm³/mol. The van der Waals surface area contributed by atoms with E-state index in [0.29, 0.717) is 11.6 Å². The number of hydrogen-bond donors (Lipinski definition) is 1. The van der Waals surface area contributed by atoms with Gasteiger partial charge in [-0.25, -0.2) is 4.98 Å². The van der Waals surface area contributed by atoms with E-state index in [4.69, 9.17) is 0 Å². The summed E-state index contributed by atoms with van der Waals surface area (Å²) in [6, 6.07) is 7.51. The number of aromatic amines is 1. The Morgan fingerprint density at radius 1 is 1.39 bits per heavy atom. The van der Waals surface area contributed by atoms with Gasteiger partial charge in [0.2, 0.25) is 5.91 Å². The number of carbonyl (C=O) groups is 1. The first-order valence-corrected chi connectivity index (χ1v) is 5.45. The van der Waals surface area contributed by atoms with E-state index in [1.807, 2.05) is 24.3 Å². The zero-order chi connectivity index (χ0) is 12.5. The van der Waals surface area contributed by atoms with E-state index in [9.17, 15) is 4.79 Å². The lowest BCUT2D eigenvalue weighted by Crippen LogP contribution is -2.15. The molecule has 7 heteroatoms. The molecule has 7 nitrogen and oxygen atoms in total. The average molecular weight is 242 g/mol. The molecule has 2 heterocycles. The number of carbonyl (C=O) groups excluding carboxylic acids is 1. The number of H-pyrrole nitrogens is 1. The summed E-state index contributed by atoms with van der Waals surface area (Å²) in [5.74, 6) is 0.907. The first kappa shape index (κ1) is 10.6. The van der Waals surface area contributed by atoms with Gasteiger partial charge in [0, 0.05) is 0 Å². The van der Waals surface area contributed by atoms with E-state index < -0.39 is 0 Å². The van der Waals surface area contributed by atoms with Gasteiger partial charge in [0.15, 0.2) is 5.82 Å². The Balaban J connectivity index is 2.03. The third-order valence-corrected chi connectivity index (χ3v) is 2.68. The van der Waals surface area contributed by atoms with Crippen LogP contribution in [-0.4, -0.2) is 36.1 Å². The summed E-state index contributed by atoms with van der Waals surface area (Å²) in [5, 5.41) is 13.3. The second-order valence-corrected chi connectivity index (χ2v) is 3.88. The van der Waals surface area contributed by atoms with E-state index >= 15 is 0 Å². The second-order valence-electron chi connectivity index (χ2n) is 3.88. The van der Waals surface area contributed by atoms with Crippen LogP contribution in [0.15, 0.2) is 24.3 Å². The van der Waals surface area contributed by atoms with Crippen molar-refractivity contribution in [2.75, 3.05) is 0 Å². The van der Waals surface area contributed by atoms with Crippen LogP contribution in [0.25, 0.3) is 11.0 Å². The van der Waals surface area contributed by atoms with E-state index in [1.165, 1.54) is 0 Å². The molecule has 0 aliphatic heterocycles. The largest absolute Gasteiger partial charge is 0.274 e. The molecule has 0 radical (unpaired) electrons. The lowest BCUT2D eigenvalue weighted by Gasteiger charge is -2.02. The van der Waals surface area contributed by atoms with Crippen LogP contribution in [0, 0.1) is 6.92 Å². The SMILES string of the molecule is Cc1nc2ccccc2n1C(=O)Cc1nn[nH]n1. The zero-order valence-corrected chi connectivity index (χ0v) is 9.66. The minimum Gasteiger partial charge on any atom is -0.274 e. The van der Waals surface area contributed by atoms with Gasteiger partial charge in [-0.2, -0.15) is 5.21 Å². The Labute approximate surface area is 102 Å². The monoisotopic (exact) mass is 242 g/mol. The van der Waals surface area contributed by atoms with Crippen LogP contribution < -0.4 is 0 Å². The first-order valence-electron chi connectivity index (χ1n) is 5.45. The molecule has 0 aliphatic rings. The van der Waals surface area contributed by atoms with Crippen molar-refractivity contribution in [2.24, 2.45) is 0 Å². The number of aromatic nitrogens is 6. The number of nitrogens with one attached hydrogen (secondary N) is 1. The van der Waals surface area contributed by atoms with Crippen molar-refractivity contribution >= 4 is 16.9 Å². The van der Waals surface area contributed by atoms with Crippen molar-refractivity contribution in [1.29, 1.82) is 0 Å². The smallest absolute Gasteiger partial charge is 0.240 e. The number of fused-ring (bicyclic) bond motifs is 1. The van der Waals surface area contributed by atoms with Gasteiger partial charge in [0.05, 0.1) is 17.5 Å². The summed E-state index contributed by atoms with van der Waals surface area (Å²) in [6.07, 6.45) is 0.0949. The van der Waals surface area contributed by atoms with Crippen LogP contribution in [0.4, 0.5) is 0 Å². The van der Waals surface area contributed by atoms with Gasteiger partial charge in [0.1, 0.15) is 5.82 Å². The molecule has 0 amide bonds. The Hall–Kier alpha value is -2.57. The van der Waals surface area contributed by atoms with Gasteiger partial charge >= 0.3 is 0 Å². The van der Waals surface area contributed by atoms with Crippen molar-refractivity contribution in [3.05, 3.63) is 35.9 Å². The Kier molecular flexibility index (Phi) is 2.36. The maximum atomic E-state index is 12.2. The van der Waals surface area contributed by atoms with Gasteiger partial charge in [-0.1, -0.05) is 17.3 Å². The number of hydrogen-bond acceptors (Lipinski definition) is 5. The highest BCUT2D eigenvalue weighted by atomic mass is 16.2. The minimum absolute atomic E-state index is 0.0949. The topological polar surface area (TPSA) is 89.4 Å². The molecule has 2 aromatic heterocycles. The molecule has 0 atom stereocenters. The lowest BCUT2D eigenvalue weighted by atomic mass is 10.3. The predicted octanol–water partition coefficient (Wildman–Crippen LogP) is 0.741. The van der Waals surface area contributed by atoms with Crippen LogP contribution >= 0.6 is 0 Å². The molecule has 0 aliphatic carbocycles. The van der Waals surface area contributed by atoms with E-state index in [-0.39, 0.29) is 12.3 Å². The fraction of sp³-hybridized carbons (Fsp3) is 0.182. The summed E-state index contributed by atoms with van der Waals surface area (Å²) in [4.78, 5) is 16.6. The maximum Gasteiger partial charge on any atom is 0.240 e. The van der Waals surface area contributed by atoms with Gasteiger partial charge < -0.3 is 0 Å². The summed E-state index contributed by atoms with van der Waals surface area (Å²) in [7, 11) is 0. The number of imidazole rings is 1. The Morgan fingerprint density at radius 3 is 3.00 bits per heavy atom. The normalized spacial score (nSPS) is 10.9. The number of rotatable bonds is 2. The highest BCUT2D eigenvalue weighted by molar-refractivity contribution is 5.91. The molecule has 18 heavy (non-hydrogen) atoms. The molecular formula is C11H10N6O. The van der Waals surface area contributed by atoms with Crippen molar-refractivity contribution in [3.63, 3.8) is 0 Å². The molecule has 0 bridgehead atoms. The molecule has 3 rings (SSSR count). The molecule has 90 valence electrons. The minimum atomic E-state index is -0.123. The van der Waals surface area contributed by atoms with Crippen molar-refractivity contribution in [1.82, 2.24) is 30.2 Å². The Morgan fingerprint density at radius 2 is 2.22 bits per heavy atom. The molecule has 0 fully saturated rings. The van der Waals surface area contributed by atoms with Gasteiger partial charge in [-0.05, 0) is 19.1 Å². The molecule has 0 spiro atoms. The van der Waals surface area contributed by atoms with E-state index in [1.54, 1.807) is 11.5 Å². The lowest BCUT2D eigenvalue weighted by molar-refractivity contribution is 0.0914. The van der Waals surface area contributed by atoms with E-state index in [2.05, 4.69) is 25.6 Å². The summed E-state index contributed by atoms with van der Waals surface area (Å²) in [6.45, 7) is 1.80. The van der Waals surface area contributed by atoms with Gasteiger partial charge in [-0.3, -0.25) is 9.36 Å². The summed E-state index contributed by atoms with van der Waals surface area (Å²) < 4.78 is 1.58. The molecular weight excluding hydrogens is 232 g/mol. The third kappa shape index (κ3) is 1.65. The second kappa shape index (κ2) is 4.02. The molecule has 3 aromatic rings. The summed E-state index contributed by atoms with van der Waals surface area (Å²) >= 11 is 0. The van der Waals surface area contributed by atoms with E-state index in [0.717, 1.165) is 11.0 Å². The molecule has 1 aromatic carbocycles. The highest BCUT2D eigenvalue weighted by Gasteiger charge is 2.15. The molecule has 0 saturated heterocycles. The number of benzene rings is 1. The fourth-order valence-corrected chi connectivity index (χ4v) is 1.93. The van der Waals surface area contributed by atoms with Crippen molar-refractivity contribution in [3.8, 4) is 0 Å². The zero-order valence-electron chi connectivity index (χ0n) is 9.66.